The summed E-state index contributed by atoms with van der Waals surface area (Å²) in [5.74, 6) is -0.526. The van der Waals surface area contributed by atoms with E-state index in [-0.39, 0.29) is 0 Å². The highest BCUT2D eigenvalue weighted by Crippen LogP contribution is 2.35. The summed E-state index contributed by atoms with van der Waals surface area (Å²) in [5.41, 5.74) is 4.65. The van der Waals surface area contributed by atoms with Crippen LogP contribution in [0.25, 0.3) is 11.1 Å². The van der Waals surface area contributed by atoms with Gasteiger partial charge >= 0.3 is 12.1 Å². The minimum Gasteiger partial charge on any atom is -0.482 e. The quantitative estimate of drug-likeness (QED) is 0.375. The van der Waals surface area contributed by atoms with Gasteiger partial charge in [-0.05, 0) is 53.8 Å². The van der Waals surface area contributed by atoms with Crippen LogP contribution in [0.4, 0.5) is 18.9 Å². The van der Waals surface area contributed by atoms with Crippen molar-refractivity contribution < 1.29 is 27.8 Å². The number of alkyl halides is 3. The molecule has 3 aromatic rings. The second-order valence-corrected chi connectivity index (χ2v) is 7.80. The lowest BCUT2D eigenvalue weighted by Crippen LogP contribution is -2.10. The number of carboxylic acid groups (broad SMARTS) is 1. The first-order chi connectivity index (χ1) is 15.7. The number of halogens is 3. The fraction of sp³-hybridized carbons (Fsp3) is 0.269. The number of rotatable bonds is 9. The van der Waals surface area contributed by atoms with Crippen LogP contribution in [0.15, 0.2) is 60.7 Å². The number of aliphatic carboxylic acids is 1. The lowest BCUT2D eigenvalue weighted by atomic mass is 9.96. The number of aryl methyl sites for hydroxylation is 2. The molecular weight excluding hydrogens is 431 g/mol. The number of ether oxygens (including phenoxy) is 1. The molecule has 7 heteroatoms. The Kier molecular flexibility index (Phi) is 7.63. The number of nitrogens with one attached hydrogen (secondary N) is 1. The van der Waals surface area contributed by atoms with Crippen LogP contribution in [0, 0.1) is 6.92 Å². The van der Waals surface area contributed by atoms with Gasteiger partial charge in [-0.3, -0.25) is 0 Å². The van der Waals surface area contributed by atoms with Crippen LogP contribution >= 0.6 is 0 Å². The summed E-state index contributed by atoms with van der Waals surface area (Å²) in [6, 6.07) is 16.6. The Balaban J connectivity index is 1.86. The van der Waals surface area contributed by atoms with Gasteiger partial charge in [-0.1, -0.05) is 55.8 Å². The molecule has 0 aliphatic rings. The van der Waals surface area contributed by atoms with Gasteiger partial charge in [0.1, 0.15) is 5.75 Å². The molecule has 0 aromatic heterocycles. The van der Waals surface area contributed by atoms with Crippen molar-refractivity contribution in [1.82, 2.24) is 0 Å². The standard InChI is InChI=1S/C26H26F3NO3/c1-3-5-20-6-4-7-22(19-9-11-21(12-10-19)26(27,28)29)25(20)30-15-18-8-13-23(17(2)14-18)33-16-24(31)32/h4,6-14,30H,3,5,15-16H2,1-2H3,(H,31,32). The molecule has 0 aliphatic heterocycles. The summed E-state index contributed by atoms with van der Waals surface area (Å²) < 4.78 is 44.2. The Morgan fingerprint density at radius 1 is 1.06 bits per heavy atom. The highest BCUT2D eigenvalue weighted by Gasteiger charge is 2.30. The number of anilines is 1. The summed E-state index contributed by atoms with van der Waals surface area (Å²) in [5, 5.41) is 12.3. The van der Waals surface area contributed by atoms with E-state index in [1.165, 1.54) is 12.1 Å². The Bertz CT molecular complexity index is 1110. The number of para-hydroxylation sites is 1. The molecule has 0 atom stereocenters. The number of hydrogen-bond acceptors (Lipinski definition) is 3. The molecule has 2 N–H and O–H groups in total. The SMILES string of the molecule is CCCc1cccc(-c2ccc(C(F)(F)F)cc2)c1NCc1ccc(OCC(=O)O)c(C)c1. The van der Waals surface area contributed by atoms with Crippen LogP contribution in [0.2, 0.25) is 0 Å². The summed E-state index contributed by atoms with van der Waals surface area (Å²) >= 11 is 0. The molecule has 174 valence electrons. The van der Waals surface area contributed by atoms with Gasteiger partial charge in [0.25, 0.3) is 0 Å². The molecular formula is C26H26F3NO3. The van der Waals surface area contributed by atoms with Crippen molar-refractivity contribution in [3.8, 4) is 16.9 Å². The number of carboxylic acids is 1. The smallest absolute Gasteiger partial charge is 0.416 e. The molecule has 0 amide bonds. The lowest BCUT2D eigenvalue weighted by molar-refractivity contribution is -0.139. The van der Waals surface area contributed by atoms with Gasteiger partial charge < -0.3 is 15.2 Å². The third-order valence-corrected chi connectivity index (χ3v) is 5.25. The third kappa shape index (κ3) is 6.28. The van der Waals surface area contributed by atoms with E-state index in [1.54, 1.807) is 6.07 Å². The van der Waals surface area contributed by atoms with Gasteiger partial charge in [-0.25, -0.2) is 4.79 Å². The van der Waals surface area contributed by atoms with Gasteiger partial charge in [-0.15, -0.1) is 0 Å². The van der Waals surface area contributed by atoms with Crippen molar-refractivity contribution in [3.05, 3.63) is 82.9 Å². The first kappa shape index (κ1) is 24.2. The van der Waals surface area contributed by atoms with Crippen LogP contribution in [0.5, 0.6) is 5.75 Å². The molecule has 0 spiro atoms. The molecule has 0 bridgehead atoms. The Morgan fingerprint density at radius 3 is 2.39 bits per heavy atom. The normalized spacial score (nSPS) is 11.3. The monoisotopic (exact) mass is 457 g/mol. The highest BCUT2D eigenvalue weighted by atomic mass is 19.4. The predicted octanol–water partition coefficient (Wildman–Crippen LogP) is 6.71. The van der Waals surface area contributed by atoms with Crippen LogP contribution in [0.1, 0.15) is 35.6 Å². The first-order valence-corrected chi connectivity index (χ1v) is 10.7. The van der Waals surface area contributed by atoms with Crippen molar-refractivity contribution in [2.75, 3.05) is 11.9 Å². The zero-order chi connectivity index (χ0) is 24.0. The highest BCUT2D eigenvalue weighted by molar-refractivity contribution is 5.80. The van der Waals surface area contributed by atoms with E-state index < -0.39 is 24.3 Å². The van der Waals surface area contributed by atoms with E-state index in [2.05, 4.69) is 12.2 Å². The summed E-state index contributed by atoms with van der Waals surface area (Å²) in [7, 11) is 0. The van der Waals surface area contributed by atoms with Crippen molar-refractivity contribution in [1.29, 1.82) is 0 Å². The van der Waals surface area contributed by atoms with E-state index in [1.807, 2.05) is 37.3 Å². The summed E-state index contributed by atoms with van der Waals surface area (Å²) in [6.45, 7) is 4.01. The average Bonchev–Trinajstić information content (AvgIpc) is 2.77. The molecule has 0 unspecified atom stereocenters. The largest absolute Gasteiger partial charge is 0.482 e. The van der Waals surface area contributed by atoms with Gasteiger partial charge in [0.2, 0.25) is 0 Å². The minimum absolute atomic E-state index is 0.403. The van der Waals surface area contributed by atoms with Crippen LogP contribution in [0.3, 0.4) is 0 Å². The maximum Gasteiger partial charge on any atom is 0.416 e. The molecule has 0 heterocycles. The molecule has 0 saturated carbocycles. The van der Waals surface area contributed by atoms with E-state index in [0.29, 0.717) is 17.9 Å². The molecule has 3 rings (SSSR count). The third-order valence-electron chi connectivity index (χ3n) is 5.25. The molecule has 0 saturated heterocycles. The average molecular weight is 457 g/mol. The van der Waals surface area contributed by atoms with Gasteiger partial charge in [0, 0.05) is 17.8 Å². The fourth-order valence-electron chi connectivity index (χ4n) is 3.68. The maximum atomic E-state index is 13.0. The molecule has 4 nitrogen and oxygen atoms in total. The van der Waals surface area contributed by atoms with Gasteiger partial charge in [0.15, 0.2) is 6.61 Å². The summed E-state index contributed by atoms with van der Waals surface area (Å²) in [6.07, 6.45) is -2.61. The zero-order valence-corrected chi connectivity index (χ0v) is 18.5. The maximum absolute atomic E-state index is 13.0. The molecule has 0 radical (unpaired) electrons. The van der Waals surface area contributed by atoms with E-state index in [9.17, 15) is 18.0 Å². The van der Waals surface area contributed by atoms with Gasteiger partial charge in [0.05, 0.1) is 5.56 Å². The molecule has 0 fully saturated rings. The van der Waals surface area contributed by atoms with E-state index in [0.717, 1.165) is 52.9 Å². The summed E-state index contributed by atoms with van der Waals surface area (Å²) in [4.78, 5) is 10.7. The van der Waals surface area contributed by atoms with Crippen molar-refractivity contribution in [2.45, 2.75) is 39.4 Å². The number of hydrogen-bond donors (Lipinski definition) is 2. The Labute approximate surface area is 191 Å². The Hall–Kier alpha value is -3.48. The topological polar surface area (TPSA) is 58.6 Å². The molecule has 3 aromatic carbocycles. The van der Waals surface area contributed by atoms with Crippen molar-refractivity contribution in [3.63, 3.8) is 0 Å². The minimum atomic E-state index is -4.37. The van der Waals surface area contributed by atoms with Crippen molar-refractivity contribution >= 4 is 11.7 Å². The predicted molar refractivity (Wildman–Crippen MR) is 123 cm³/mol. The van der Waals surface area contributed by atoms with Crippen LogP contribution < -0.4 is 10.1 Å². The zero-order valence-electron chi connectivity index (χ0n) is 18.5. The Morgan fingerprint density at radius 2 is 1.79 bits per heavy atom. The van der Waals surface area contributed by atoms with Gasteiger partial charge in [-0.2, -0.15) is 13.2 Å². The fourth-order valence-corrected chi connectivity index (χ4v) is 3.68. The second kappa shape index (κ2) is 10.4. The van der Waals surface area contributed by atoms with Crippen molar-refractivity contribution in [2.24, 2.45) is 0 Å². The van der Waals surface area contributed by atoms with E-state index >= 15 is 0 Å². The number of benzene rings is 3. The van der Waals surface area contributed by atoms with E-state index in [4.69, 9.17) is 9.84 Å². The lowest BCUT2D eigenvalue weighted by Gasteiger charge is -2.18. The molecule has 0 aliphatic carbocycles. The second-order valence-electron chi connectivity index (χ2n) is 7.80. The molecule has 33 heavy (non-hydrogen) atoms. The van der Waals surface area contributed by atoms with Crippen LogP contribution in [-0.2, 0) is 23.9 Å². The first-order valence-electron chi connectivity index (χ1n) is 10.7. The van der Waals surface area contributed by atoms with Crippen LogP contribution in [-0.4, -0.2) is 17.7 Å². The number of carbonyl (C=O) groups is 1.